The molecule has 0 spiro atoms. The van der Waals surface area contributed by atoms with E-state index in [-0.39, 0.29) is 0 Å². The average Bonchev–Trinajstić information content (AvgIpc) is 2.41. The first-order valence-electron chi connectivity index (χ1n) is 6.65. The van der Waals surface area contributed by atoms with E-state index < -0.39 is 0 Å². The molecule has 5 nitrogen and oxygen atoms in total. The molecule has 0 fully saturated rings. The lowest BCUT2D eigenvalue weighted by molar-refractivity contribution is 0.305. The summed E-state index contributed by atoms with van der Waals surface area (Å²) in [5.74, 6) is 1.36. The third kappa shape index (κ3) is 5.31. The number of hydrogen-bond donors (Lipinski definition) is 1. The summed E-state index contributed by atoms with van der Waals surface area (Å²) in [6, 6.07) is 1.79. The molecule has 0 aromatic carbocycles. The van der Waals surface area contributed by atoms with Gasteiger partial charge in [0.15, 0.2) is 0 Å². The molecular formula is C13H24N4O. The highest BCUT2D eigenvalue weighted by Crippen LogP contribution is 2.11. The van der Waals surface area contributed by atoms with Crippen LogP contribution >= 0.6 is 0 Å². The number of hydrogen-bond acceptors (Lipinski definition) is 5. The molecule has 18 heavy (non-hydrogen) atoms. The number of nitrogens with zero attached hydrogens (tertiary/aromatic N) is 3. The second-order valence-electron chi connectivity index (χ2n) is 4.21. The summed E-state index contributed by atoms with van der Waals surface area (Å²) in [4.78, 5) is 10.7. The van der Waals surface area contributed by atoms with E-state index in [9.17, 15) is 0 Å². The predicted molar refractivity (Wildman–Crippen MR) is 74.2 cm³/mol. The molecule has 0 aliphatic rings. The van der Waals surface area contributed by atoms with Crippen molar-refractivity contribution in [3.05, 3.63) is 12.3 Å². The molecule has 0 aliphatic carbocycles. The van der Waals surface area contributed by atoms with E-state index in [4.69, 9.17) is 4.74 Å². The fourth-order valence-corrected chi connectivity index (χ4v) is 1.45. The van der Waals surface area contributed by atoms with Crippen LogP contribution in [0.5, 0.6) is 5.88 Å². The predicted octanol–water partition coefficient (Wildman–Crippen LogP) is 1.70. The summed E-state index contributed by atoms with van der Waals surface area (Å²) in [5.41, 5.74) is 0. The number of likely N-dealkylation sites (N-methyl/N-ethyl adjacent to an activating group) is 1. The molecule has 1 rings (SSSR count). The summed E-state index contributed by atoms with van der Waals surface area (Å²) >= 11 is 0. The molecule has 0 bridgehead atoms. The van der Waals surface area contributed by atoms with E-state index in [1.807, 2.05) is 11.9 Å². The van der Waals surface area contributed by atoms with Gasteiger partial charge >= 0.3 is 0 Å². The van der Waals surface area contributed by atoms with E-state index in [1.54, 1.807) is 12.3 Å². The van der Waals surface area contributed by atoms with Crippen LogP contribution in [0.3, 0.4) is 0 Å². The Labute approximate surface area is 110 Å². The summed E-state index contributed by atoms with van der Waals surface area (Å²) in [5, 5.41) is 3.36. The first-order chi connectivity index (χ1) is 8.77. The summed E-state index contributed by atoms with van der Waals surface area (Å²) < 4.78 is 5.50. The first-order valence-corrected chi connectivity index (χ1v) is 6.65. The Morgan fingerprint density at radius 1 is 1.28 bits per heavy atom. The SMILES string of the molecule is CCCNCCN(C)c1nccc(OCCC)n1. The Kier molecular flexibility index (Phi) is 7.10. The fraction of sp³-hybridized carbons (Fsp3) is 0.692. The van der Waals surface area contributed by atoms with Gasteiger partial charge in [0.25, 0.3) is 0 Å². The third-order valence-corrected chi connectivity index (χ3v) is 2.46. The summed E-state index contributed by atoms with van der Waals surface area (Å²) in [6.07, 6.45) is 3.87. The quantitative estimate of drug-likeness (QED) is 0.678. The highest BCUT2D eigenvalue weighted by atomic mass is 16.5. The van der Waals surface area contributed by atoms with Crippen LogP contribution in [0.2, 0.25) is 0 Å². The maximum absolute atomic E-state index is 5.50. The zero-order valence-electron chi connectivity index (χ0n) is 11.6. The molecule has 1 N–H and O–H groups in total. The molecule has 1 aromatic rings. The largest absolute Gasteiger partial charge is 0.478 e. The van der Waals surface area contributed by atoms with Crippen LogP contribution in [0, 0.1) is 0 Å². The van der Waals surface area contributed by atoms with Gasteiger partial charge in [-0.1, -0.05) is 13.8 Å². The summed E-state index contributed by atoms with van der Waals surface area (Å²) in [6.45, 7) is 7.81. The highest BCUT2D eigenvalue weighted by molar-refractivity contribution is 5.30. The van der Waals surface area contributed by atoms with Gasteiger partial charge in [0.05, 0.1) is 6.61 Å². The van der Waals surface area contributed by atoms with Crippen molar-refractivity contribution < 1.29 is 4.74 Å². The van der Waals surface area contributed by atoms with Gasteiger partial charge in [0.2, 0.25) is 11.8 Å². The Hall–Kier alpha value is -1.36. The third-order valence-electron chi connectivity index (χ3n) is 2.46. The van der Waals surface area contributed by atoms with Crippen molar-refractivity contribution in [1.29, 1.82) is 0 Å². The van der Waals surface area contributed by atoms with Crippen molar-refractivity contribution in [3.63, 3.8) is 0 Å². The molecule has 0 atom stereocenters. The number of rotatable bonds is 9. The van der Waals surface area contributed by atoms with Crippen LogP contribution in [0.15, 0.2) is 12.3 Å². The van der Waals surface area contributed by atoms with Gasteiger partial charge in [-0.3, -0.25) is 0 Å². The smallest absolute Gasteiger partial charge is 0.228 e. The topological polar surface area (TPSA) is 50.3 Å². The molecule has 5 heteroatoms. The minimum atomic E-state index is 0.648. The average molecular weight is 252 g/mol. The zero-order chi connectivity index (χ0) is 13.2. The monoisotopic (exact) mass is 252 g/mol. The lowest BCUT2D eigenvalue weighted by atomic mass is 10.4. The lowest BCUT2D eigenvalue weighted by Gasteiger charge is -2.17. The van der Waals surface area contributed by atoms with Gasteiger partial charge < -0.3 is 15.0 Å². The van der Waals surface area contributed by atoms with Crippen molar-refractivity contribution in [2.24, 2.45) is 0 Å². The molecule has 0 aliphatic heterocycles. The van der Waals surface area contributed by atoms with Gasteiger partial charge in [-0.25, -0.2) is 4.98 Å². The van der Waals surface area contributed by atoms with Crippen molar-refractivity contribution in [2.45, 2.75) is 26.7 Å². The second-order valence-corrected chi connectivity index (χ2v) is 4.21. The van der Waals surface area contributed by atoms with E-state index >= 15 is 0 Å². The lowest BCUT2D eigenvalue weighted by Crippen LogP contribution is -2.30. The maximum atomic E-state index is 5.50. The second kappa shape index (κ2) is 8.69. The Morgan fingerprint density at radius 2 is 2.11 bits per heavy atom. The number of ether oxygens (including phenoxy) is 1. The van der Waals surface area contributed by atoms with Crippen molar-refractivity contribution in [1.82, 2.24) is 15.3 Å². The Balaban J connectivity index is 2.43. The molecule has 0 radical (unpaired) electrons. The molecule has 0 saturated carbocycles. The van der Waals surface area contributed by atoms with Crippen LogP contribution in [-0.2, 0) is 0 Å². The van der Waals surface area contributed by atoms with E-state index in [1.165, 1.54) is 0 Å². The standard InChI is InChI=1S/C13H24N4O/c1-4-7-14-9-10-17(3)13-15-8-6-12(16-13)18-11-5-2/h6,8,14H,4-5,7,9-11H2,1-3H3. The minimum Gasteiger partial charge on any atom is -0.478 e. The molecule has 0 saturated heterocycles. The van der Waals surface area contributed by atoms with Crippen LogP contribution in [0.4, 0.5) is 5.95 Å². The van der Waals surface area contributed by atoms with Gasteiger partial charge in [0.1, 0.15) is 0 Å². The zero-order valence-corrected chi connectivity index (χ0v) is 11.6. The molecular weight excluding hydrogens is 228 g/mol. The fourth-order valence-electron chi connectivity index (χ4n) is 1.45. The Bertz CT molecular complexity index is 333. The molecule has 1 heterocycles. The van der Waals surface area contributed by atoms with Gasteiger partial charge in [-0.05, 0) is 19.4 Å². The van der Waals surface area contributed by atoms with Crippen molar-refractivity contribution in [2.75, 3.05) is 38.2 Å². The van der Waals surface area contributed by atoms with Crippen molar-refractivity contribution >= 4 is 5.95 Å². The number of nitrogens with one attached hydrogen (secondary N) is 1. The van der Waals surface area contributed by atoms with Gasteiger partial charge in [0, 0.05) is 32.4 Å². The van der Waals surface area contributed by atoms with Crippen LogP contribution in [0.25, 0.3) is 0 Å². The minimum absolute atomic E-state index is 0.648. The van der Waals surface area contributed by atoms with E-state index in [2.05, 4.69) is 29.1 Å². The van der Waals surface area contributed by atoms with Crippen LogP contribution in [0.1, 0.15) is 26.7 Å². The number of aromatic nitrogens is 2. The van der Waals surface area contributed by atoms with Crippen LogP contribution < -0.4 is 15.0 Å². The van der Waals surface area contributed by atoms with Gasteiger partial charge in [-0.2, -0.15) is 4.98 Å². The van der Waals surface area contributed by atoms with Crippen molar-refractivity contribution in [3.8, 4) is 5.88 Å². The molecule has 0 unspecified atom stereocenters. The highest BCUT2D eigenvalue weighted by Gasteiger charge is 2.05. The number of anilines is 1. The Morgan fingerprint density at radius 3 is 2.83 bits per heavy atom. The maximum Gasteiger partial charge on any atom is 0.228 e. The molecule has 102 valence electrons. The molecule has 0 amide bonds. The normalized spacial score (nSPS) is 10.4. The van der Waals surface area contributed by atoms with E-state index in [0.29, 0.717) is 18.4 Å². The van der Waals surface area contributed by atoms with Crippen LogP contribution in [-0.4, -0.2) is 43.3 Å². The first kappa shape index (κ1) is 14.7. The summed E-state index contributed by atoms with van der Waals surface area (Å²) in [7, 11) is 1.99. The van der Waals surface area contributed by atoms with Gasteiger partial charge in [-0.15, -0.1) is 0 Å². The van der Waals surface area contributed by atoms with E-state index in [0.717, 1.165) is 32.5 Å². The molecule has 1 aromatic heterocycles.